The van der Waals surface area contributed by atoms with E-state index < -0.39 is 6.04 Å². The number of aryl methyl sites for hydroxylation is 2. The van der Waals surface area contributed by atoms with Gasteiger partial charge in [-0.2, -0.15) is 5.10 Å². The molecule has 1 N–H and O–H groups in total. The summed E-state index contributed by atoms with van der Waals surface area (Å²) in [6.45, 7) is 4.01. The third kappa shape index (κ3) is 4.15. The Morgan fingerprint density at radius 2 is 1.56 bits per heavy atom. The number of hydrogen-bond acceptors (Lipinski definition) is 6. The predicted octanol–water partition coefficient (Wildman–Crippen LogP) is 7.43. The molecule has 1 atom stereocenters. The number of methoxy groups -OCH3 is 1. The standard InChI is InChI=1S/C33H27FN6O/c1-20-12-16-23(17-13-20)40-32-29(21(2)38-40)30(25-8-4-5-9-26(25)34)39-28-11-7-6-10-27(28)36-31(33(39)37-32)35-22-14-18-24(41-3)19-15-22/h4-19,30H,1-3H3,(H,35,36)/t30-/m1/s1. The monoisotopic (exact) mass is 542 g/mol. The van der Waals surface area contributed by atoms with Crippen LogP contribution in [0.4, 0.5) is 27.3 Å². The number of hydrogen-bond donors (Lipinski definition) is 1. The molecule has 0 saturated heterocycles. The van der Waals surface area contributed by atoms with Gasteiger partial charge in [0.1, 0.15) is 11.6 Å². The Labute approximate surface area is 237 Å². The van der Waals surface area contributed by atoms with Crippen LogP contribution in [-0.4, -0.2) is 28.6 Å². The van der Waals surface area contributed by atoms with Gasteiger partial charge in [0.15, 0.2) is 17.5 Å². The van der Waals surface area contributed by atoms with Gasteiger partial charge in [0.2, 0.25) is 0 Å². The van der Waals surface area contributed by atoms with Gasteiger partial charge in [-0.3, -0.25) is 0 Å². The molecule has 1 aromatic heterocycles. The van der Waals surface area contributed by atoms with Gasteiger partial charge in [0.25, 0.3) is 0 Å². The van der Waals surface area contributed by atoms with Crippen LogP contribution in [0.3, 0.4) is 0 Å². The van der Waals surface area contributed by atoms with Crippen molar-refractivity contribution in [1.82, 2.24) is 9.78 Å². The normalized spacial score (nSPS) is 15.3. The summed E-state index contributed by atoms with van der Waals surface area (Å²) in [5.41, 5.74) is 6.61. The molecule has 0 fully saturated rings. The van der Waals surface area contributed by atoms with Crippen molar-refractivity contribution >= 4 is 34.6 Å². The van der Waals surface area contributed by atoms with E-state index in [4.69, 9.17) is 19.8 Å². The van der Waals surface area contributed by atoms with Crippen LogP contribution in [0.2, 0.25) is 0 Å². The van der Waals surface area contributed by atoms with Gasteiger partial charge in [0, 0.05) is 16.8 Å². The molecule has 0 aliphatic carbocycles. The van der Waals surface area contributed by atoms with E-state index in [1.165, 1.54) is 6.07 Å². The van der Waals surface area contributed by atoms with Crippen molar-refractivity contribution in [2.45, 2.75) is 19.9 Å². The number of nitrogens with one attached hydrogen (secondary N) is 1. The first-order chi connectivity index (χ1) is 20.0. The molecule has 0 saturated carbocycles. The van der Waals surface area contributed by atoms with Gasteiger partial charge in [-0.05, 0) is 68.4 Å². The lowest BCUT2D eigenvalue weighted by Gasteiger charge is -2.40. The number of fused-ring (bicyclic) bond motifs is 4. The summed E-state index contributed by atoms with van der Waals surface area (Å²) in [6, 6.07) is 30.0. The first-order valence-corrected chi connectivity index (χ1v) is 13.4. The van der Waals surface area contributed by atoms with Crippen molar-refractivity contribution in [2.24, 2.45) is 9.98 Å². The molecule has 2 aliphatic rings. The van der Waals surface area contributed by atoms with Crippen LogP contribution in [0.5, 0.6) is 5.75 Å². The molecule has 4 aromatic carbocycles. The van der Waals surface area contributed by atoms with Crippen molar-refractivity contribution in [3.63, 3.8) is 0 Å². The van der Waals surface area contributed by atoms with Crippen LogP contribution in [0.1, 0.15) is 28.4 Å². The van der Waals surface area contributed by atoms with E-state index in [0.717, 1.165) is 45.3 Å². The fraction of sp³-hybridized carbons (Fsp3) is 0.121. The third-order valence-electron chi connectivity index (χ3n) is 7.47. The summed E-state index contributed by atoms with van der Waals surface area (Å²) < 4.78 is 22.8. The molecule has 0 amide bonds. The minimum Gasteiger partial charge on any atom is -0.497 e. The number of para-hydroxylation sites is 2. The molecule has 8 heteroatoms. The fourth-order valence-electron chi connectivity index (χ4n) is 5.47. The Kier molecular flexibility index (Phi) is 5.89. The summed E-state index contributed by atoms with van der Waals surface area (Å²) in [6.07, 6.45) is 0. The number of halogens is 1. The zero-order valence-corrected chi connectivity index (χ0v) is 22.8. The molecule has 0 radical (unpaired) electrons. The summed E-state index contributed by atoms with van der Waals surface area (Å²) >= 11 is 0. The van der Waals surface area contributed by atoms with E-state index in [1.807, 2.05) is 103 Å². The highest BCUT2D eigenvalue weighted by Gasteiger charge is 2.42. The molecule has 0 bridgehead atoms. The maximum absolute atomic E-state index is 15.7. The molecule has 7 rings (SSSR count). The fourth-order valence-corrected chi connectivity index (χ4v) is 5.47. The Hall–Kier alpha value is -5.24. The molecule has 3 heterocycles. The topological polar surface area (TPSA) is 67.0 Å². The van der Waals surface area contributed by atoms with Gasteiger partial charge in [-0.1, -0.05) is 48.0 Å². The van der Waals surface area contributed by atoms with Gasteiger partial charge in [-0.15, -0.1) is 0 Å². The maximum atomic E-state index is 15.7. The van der Waals surface area contributed by atoms with E-state index in [9.17, 15) is 0 Å². The smallest absolute Gasteiger partial charge is 0.179 e. The van der Waals surface area contributed by atoms with Crippen molar-refractivity contribution in [1.29, 1.82) is 0 Å². The molecule has 41 heavy (non-hydrogen) atoms. The molecule has 5 aromatic rings. The summed E-state index contributed by atoms with van der Waals surface area (Å²) in [7, 11) is 1.64. The molecule has 2 aliphatic heterocycles. The predicted molar refractivity (Wildman–Crippen MR) is 161 cm³/mol. The molecule has 202 valence electrons. The van der Waals surface area contributed by atoms with E-state index in [-0.39, 0.29) is 5.82 Å². The van der Waals surface area contributed by atoms with Crippen LogP contribution in [0, 0.1) is 19.7 Å². The average molecular weight is 543 g/mol. The van der Waals surface area contributed by atoms with Crippen LogP contribution in [-0.2, 0) is 0 Å². The van der Waals surface area contributed by atoms with Crippen molar-refractivity contribution in [3.8, 4) is 11.4 Å². The highest BCUT2D eigenvalue weighted by Crippen LogP contribution is 2.48. The van der Waals surface area contributed by atoms with E-state index in [0.29, 0.717) is 23.1 Å². The Morgan fingerprint density at radius 3 is 2.32 bits per heavy atom. The third-order valence-corrected chi connectivity index (χ3v) is 7.47. The van der Waals surface area contributed by atoms with Gasteiger partial charge >= 0.3 is 0 Å². The zero-order valence-electron chi connectivity index (χ0n) is 22.8. The number of ether oxygens (including phenoxy) is 1. The largest absolute Gasteiger partial charge is 0.497 e. The second-order valence-corrected chi connectivity index (χ2v) is 10.1. The second kappa shape index (κ2) is 9.75. The lowest BCUT2D eigenvalue weighted by atomic mass is 9.93. The van der Waals surface area contributed by atoms with Crippen LogP contribution < -0.4 is 15.0 Å². The van der Waals surface area contributed by atoms with Gasteiger partial charge in [0.05, 0.1) is 35.9 Å². The van der Waals surface area contributed by atoms with Crippen LogP contribution >= 0.6 is 0 Å². The second-order valence-electron chi connectivity index (χ2n) is 10.1. The first-order valence-electron chi connectivity index (χ1n) is 13.4. The van der Waals surface area contributed by atoms with Gasteiger partial charge < -0.3 is 15.0 Å². The van der Waals surface area contributed by atoms with Crippen LogP contribution in [0.15, 0.2) is 107 Å². The van der Waals surface area contributed by atoms with Crippen LogP contribution in [0.25, 0.3) is 5.69 Å². The summed E-state index contributed by atoms with van der Waals surface area (Å²) in [5.74, 6) is 2.24. The van der Waals surface area contributed by atoms with Crippen molar-refractivity contribution in [3.05, 3.63) is 125 Å². The number of rotatable bonds is 4. The molecular weight excluding hydrogens is 515 g/mol. The molecular formula is C33H27FN6O. The highest BCUT2D eigenvalue weighted by molar-refractivity contribution is 6.51. The zero-order chi connectivity index (χ0) is 28.1. The minimum atomic E-state index is -0.526. The quantitative estimate of drug-likeness (QED) is 0.256. The van der Waals surface area contributed by atoms with Crippen molar-refractivity contribution < 1.29 is 9.13 Å². The minimum absolute atomic E-state index is 0.295. The number of aromatic nitrogens is 2. The Balaban J connectivity index is 1.48. The number of aliphatic imine (C=N–C) groups is 2. The average Bonchev–Trinajstić information content (AvgIpc) is 3.33. The SMILES string of the molecule is COc1ccc(NC2=Nc3ccccc3N3C2=Nc2c(c(C)nn2-c2ccc(C)cc2)[C@H]3c2ccccc2F)cc1. The summed E-state index contributed by atoms with van der Waals surface area (Å²) in [5, 5.41) is 8.39. The van der Waals surface area contributed by atoms with E-state index >= 15 is 4.39 Å². The molecule has 0 spiro atoms. The molecule has 7 nitrogen and oxygen atoms in total. The van der Waals surface area contributed by atoms with E-state index in [1.54, 1.807) is 13.2 Å². The number of anilines is 2. The first kappa shape index (κ1) is 24.8. The highest BCUT2D eigenvalue weighted by atomic mass is 19.1. The lowest BCUT2D eigenvalue weighted by Crippen LogP contribution is -2.46. The van der Waals surface area contributed by atoms with E-state index in [2.05, 4.69) is 10.2 Å². The lowest BCUT2D eigenvalue weighted by molar-refractivity contribution is 0.415. The Bertz CT molecular complexity index is 1840. The maximum Gasteiger partial charge on any atom is 0.179 e. The number of benzene rings is 4. The summed E-state index contributed by atoms with van der Waals surface area (Å²) in [4.78, 5) is 12.3. The molecule has 0 unspecified atom stereocenters. The Morgan fingerprint density at radius 1 is 0.829 bits per heavy atom. The number of nitrogens with zero attached hydrogens (tertiary/aromatic N) is 5. The van der Waals surface area contributed by atoms with Crippen molar-refractivity contribution in [2.75, 3.05) is 17.3 Å². The van der Waals surface area contributed by atoms with Gasteiger partial charge in [-0.25, -0.2) is 19.1 Å². The number of amidine groups is 2.